The summed E-state index contributed by atoms with van der Waals surface area (Å²) in [6, 6.07) is 0. The molecule has 0 aromatic rings. The van der Waals surface area contributed by atoms with Crippen LogP contribution in [-0.4, -0.2) is 37.2 Å². The largest absolute Gasteiger partial charge is 0.462 e. The molecule has 0 aromatic carbocycles. The van der Waals surface area contributed by atoms with E-state index in [1.54, 1.807) is 0 Å². The van der Waals surface area contributed by atoms with Gasteiger partial charge < -0.3 is 14.2 Å². The van der Waals surface area contributed by atoms with Crippen molar-refractivity contribution in [1.82, 2.24) is 0 Å². The summed E-state index contributed by atoms with van der Waals surface area (Å²) in [7, 11) is 0. The quantitative estimate of drug-likeness (QED) is 0.0345. The van der Waals surface area contributed by atoms with Crippen molar-refractivity contribution in [1.29, 1.82) is 0 Å². The molecule has 0 aromatic heterocycles. The zero-order valence-electron chi connectivity index (χ0n) is 41.3. The molecule has 2 unspecified atom stereocenters. The smallest absolute Gasteiger partial charge is 0.306 e. The number of rotatable bonds is 47. The molecular weight excluding hydrogens is 745 g/mol. The highest BCUT2D eigenvalue weighted by Crippen LogP contribution is 2.18. The maximum Gasteiger partial charge on any atom is 0.306 e. The van der Waals surface area contributed by atoms with E-state index in [0.717, 1.165) is 75.5 Å². The predicted octanol–water partition coefficient (Wildman–Crippen LogP) is 17.2. The number of hydrogen-bond donors (Lipinski definition) is 0. The number of hydrogen-bond acceptors (Lipinski definition) is 6. The molecule has 0 saturated carbocycles. The summed E-state index contributed by atoms with van der Waals surface area (Å²) >= 11 is 0. The Balaban J connectivity index is 4.29. The normalized spacial score (nSPS) is 13.1. The van der Waals surface area contributed by atoms with Gasteiger partial charge in [0.15, 0.2) is 6.10 Å². The maximum atomic E-state index is 12.8. The topological polar surface area (TPSA) is 78.9 Å². The van der Waals surface area contributed by atoms with Crippen molar-refractivity contribution in [2.75, 3.05) is 13.2 Å². The third-order valence-corrected chi connectivity index (χ3v) is 12.9. The average Bonchev–Trinajstić information content (AvgIpc) is 3.23. The number of esters is 3. The monoisotopic (exact) mass is 849 g/mol. The van der Waals surface area contributed by atoms with Gasteiger partial charge in [-0.05, 0) is 37.0 Å². The predicted molar refractivity (Wildman–Crippen MR) is 256 cm³/mol. The first-order valence-electron chi connectivity index (χ1n) is 26.7. The Morgan fingerprint density at radius 1 is 0.333 bits per heavy atom. The second kappa shape index (κ2) is 45.4. The highest BCUT2D eigenvalue weighted by Gasteiger charge is 2.19. The van der Waals surface area contributed by atoms with Gasteiger partial charge in [-0.2, -0.15) is 0 Å². The van der Waals surface area contributed by atoms with Gasteiger partial charge in [-0.3, -0.25) is 14.4 Å². The fourth-order valence-electron chi connectivity index (χ4n) is 8.05. The molecule has 0 bridgehead atoms. The van der Waals surface area contributed by atoms with Gasteiger partial charge in [0, 0.05) is 19.3 Å². The third kappa shape index (κ3) is 44.5. The molecule has 0 saturated heterocycles. The molecule has 0 aliphatic heterocycles. The summed E-state index contributed by atoms with van der Waals surface area (Å²) in [5.41, 5.74) is 0. The van der Waals surface area contributed by atoms with Crippen molar-refractivity contribution in [3.05, 3.63) is 0 Å². The lowest BCUT2D eigenvalue weighted by molar-refractivity contribution is -0.167. The van der Waals surface area contributed by atoms with Crippen molar-refractivity contribution in [2.45, 2.75) is 298 Å². The van der Waals surface area contributed by atoms with E-state index in [-0.39, 0.29) is 31.1 Å². The van der Waals surface area contributed by atoms with Crippen LogP contribution in [0.2, 0.25) is 0 Å². The van der Waals surface area contributed by atoms with Gasteiger partial charge in [0.1, 0.15) is 13.2 Å². The first-order chi connectivity index (χ1) is 29.2. The van der Waals surface area contributed by atoms with Crippen LogP contribution < -0.4 is 0 Å². The molecule has 60 heavy (non-hydrogen) atoms. The lowest BCUT2D eigenvalue weighted by Gasteiger charge is -2.18. The van der Waals surface area contributed by atoms with E-state index in [1.807, 2.05) is 0 Å². The molecule has 0 aliphatic rings. The Labute approximate surface area is 374 Å². The highest BCUT2D eigenvalue weighted by molar-refractivity contribution is 5.71. The van der Waals surface area contributed by atoms with Crippen molar-refractivity contribution in [3.8, 4) is 0 Å². The Morgan fingerprint density at radius 3 is 0.867 bits per heavy atom. The fraction of sp³-hybridized carbons (Fsp3) is 0.944. The number of carbonyl (C=O) groups excluding carboxylic acids is 3. The van der Waals surface area contributed by atoms with Crippen LogP contribution in [0.4, 0.5) is 0 Å². The molecule has 0 aliphatic carbocycles. The first kappa shape index (κ1) is 58.4. The number of carbonyl (C=O) groups is 3. The van der Waals surface area contributed by atoms with Gasteiger partial charge >= 0.3 is 17.9 Å². The van der Waals surface area contributed by atoms with Crippen LogP contribution in [-0.2, 0) is 28.6 Å². The summed E-state index contributed by atoms with van der Waals surface area (Å²) in [6.45, 7) is 13.8. The second-order valence-corrected chi connectivity index (χ2v) is 19.5. The summed E-state index contributed by atoms with van der Waals surface area (Å²) in [5, 5.41) is 0. The van der Waals surface area contributed by atoms with E-state index < -0.39 is 6.10 Å². The molecule has 0 N–H and O–H groups in total. The molecule has 6 heteroatoms. The van der Waals surface area contributed by atoms with E-state index in [0.29, 0.717) is 19.3 Å². The molecular formula is C54H104O6. The van der Waals surface area contributed by atoms with Gasteiger partial charge in [0.25, 0.3) is 0 Å². The zero-order valence-corrected chi connectivity index (χ0v) is 41.3. The van der Waals surface area contributed by atoms with Gasteiger partial charge in [0.2, 0.25) is 0 Å². The van der Waals surface area contributed by atoms with E-state index >= 15 is 0 Å². The fourth-order valence-corrected chi connectivity index (χ4v) is 8.05. The van der Waals surface area contributed by atoms with Crippen LogP contribution in [0, 0.1) is 17.8 Å². The van der Waals surface area contributed by atoms with Crippen molar-refractivity contribution < 1.29 is 28.6 Å². The lowest BCUT2D eigenvalue weighted by atomic mass is 9.99. The summed E-state index contributed by atoms with van der Waals surface area (Å²) in [4.78, 5) is 38.0. The summed E-state index contributed by atoms with van der Waals surface area (Å²) in [5.74, 6) is 1.70. The molecule has 0 rings (SSSR count). The molecule has 356 valence electrons. The average molecular weight is 849 g/mol. The summed E-state index contributed by atoms with van der Waals surface area (Å²) in [6.07, 6.45) is 45.1. The number of ether oxygens (including phenoxy) is 3. The molecule has 0 fully saturated rings. The van der Waals surface area contributed by atoms with Gasteiger partial charge in [-0.1, -0.05) is 253 Å². The number of unbranched alkanes of at least 4 members (excludes halogenated alkanes) is 28. The van der Waals surface area contributed by atoms with Crippen LogP contribution in [0.15, 0.2) is 0 Å². The lowest BCUT2D eigenvalue weighted by Crippen LogP contribution is -2.30. The van der Waals surface area contributed by atoms with Crippen LogP contribution >= 0.6 is 0 Å². The minimum atomic E-state index is -0.763. The van der Waals surface area contributed by atoms with Crippen LogP contribution in [0.5, 0.6) is 0 Å². The minimum absolute atomic E-state index is 0.0649. The van der Waals surface area contributed by atoms with Crippen LogP contribution in [0.25, 0.3) is 0 Å². The Bertz CT molecular complexity index is 933. The molecule has 3 atom stereocenters. The summed E-state index contributed by atoms with van der Waals surface area (Å²) < 4.78 is 16.8. The van der Waals surface area contributed by atoms with Crippen LogP contribution in [0.3, 0.4) is 0 Å². The van der Waals surface area contributed by atoms with Crippen LogP contribution in [0.1, 0.15) is 292 Å². The maximum absolute atomic E-state index is 12.8. The third-order valence-electron chi connectivity index (χ3n) is 12.9. The van der Waals surface area contributed by atoms with Crippen molar-refractivity contribution in [2.24, 2.45) is 17.8 Å². The standard InChI is InChI=1S/C54H104O6/c1-7-49(5)41-35-29-23-17-13-11-9-10-12-14-18-25-31-37-43-52(55)58-46-51(60-54(57)45-39-33-27-19-15-16-22-28-34-40-48(3)4)47-59-53(56)44-38-32-26-21-20-24-30-36-42-50(6)8-2/h48-51H,7-47H2,1-6H3/t49?,50?,51-/m1/s1. The van der Waals surface area contributed by atoms with E-state index in [2.05, 4.69) is 41.5 Å². The molecule has 6 nitrogen and oxygen atoms in total. The molecule has 0 amide bonds. The van der Waals surface area contributed by atoms with E-state index in [4.69, 9.17) is 14.2 Å². The van der Waals surface area contributed by atoms with E-state index in [9.17, 15) is 14.4 Å². The molecule has 0 spiro atoms. The van der Waals surface area contributed by atoms with Gasteiger partial charge in [0.05, 0.1) is 0 Å². The SMILES string of the molecule is CCC(C)CCCCCCCCCCCCCCCCC(=O)OC[C@H](COC(=O)CCCCCCCCCCC(C)CC)OC(=O)CCCCCCCCCCCC(C)C. The van der Waals surface area contributed by atoms with Gasteiger partial charge in [-0.25, -0.2) is 0 Å². The Hall–Kier alpha value is -1.59. The van der Waals surface area contributed by atoms with Crippen molar-refractivity contribution in [3.63, 3.8) is 0 Å². The van der Waals surface area contributed by atoms with Crippen molar-refractivity contribution >= 4 is 17.9 Å². The molecule has 0 radical (unpaired) electrons. The van der Waals surface area contributed by atoms with Gasteiger partial charge in [-0.15, -0.1) is 0 Å². The Kier molecular flexibility index (Phi) is 44.2. The zero-order chi connectivity index (χ0) is 44.2. The first-order valence-corrected chi connectivity index (χ1v) is 26.7. The highest BCUT2D eigenvalue weighted by atomic mass is 16.6. The minimum Gasteiger partial charge on any atom is -0.462 e. The second-order valence-electron chi connectivity index (χ2n) is 19.5. The Morgan fingerprint density at radius 2 is 0.583 bits per heavy atom. The molecule has 0 heterocycles. The van der Waals surface area contributed by atoms with E-state index in [1.165, 1.54) is 173 Å².